The van der Waals surface area contributed by atoms with Crippen molar-refractivity contribution in [3.63, 3.8) is 0 Å². The lowest BCUT2D eigenvalue weighted by Gasteiger charge is -2.60. The lowest BCUT2D eigenvalue weighted by atomic mass is 10.2. The molecular weight excluding hydrogens is 252 g/mol. The molecule has 0 radical (unpaired) electrons. The molecule has 0 amide bonds. The fraction of sp³-hybridized carbons (Fsp3) is 0.500. The quantitative estimate of drug-likeness (QED) is 0.736. The van der Waals surface area contributed by atoms with Crippen molar-refractivity contribution in [1.29, 1.82) is 0 Å². The molecule has 0 saturated carbocycles. The summed E-state index contributed by atoms with van der Waals surface area (Å²) in [7, 11) is 0. The highest BCUT2D eigenvalue weighted by atomic mass is 15.7. The van der Waals surface area contributed by atoms with Gasteiger partial charge in [0.05, 0.1) is 25.7 Å². The summed E-state index contributed by atoms with van der Waals surface area (Å²) in [5.74, 6) is 0. The van der Waals surface area contributed by atoms with Gasteiger partial charge in [-0.2, -0.15) is 0 Å². The van der Waals surface area contributed by atoms with Gasteiger partial charge in [-0.25, -0.2) is 19.7 Å². The number of imidazole rings is 1. The van der Waals surface area contributed by atoms with E-state index in [1.165, 1.54) is 25.7 Å². The molecule has 4 fully saturated rings. The number of pyridine rings is 1. The molecule has 2 aromatic heterocycles. The van der Waals surface area contributed by atoms with Crippen LogP contribution in [0.15, 0.2) is 30.6 Å². The molecule has 0 spiro atoms. The molecule has 4 aliphatic heterocycles. The number of hydrogen-bond acceptors (Lipinski definition) is 4. The number of aromatic nitrogens is 2. The van der Waals surface area contributed by atoms with E-state index >= 15 is 0 Å². The van der Waals surface area contributed by atoms with Crippen LogP contribution in [0.3, 0.4) is 0 Å². The fourth-order valence-electron chi connectivity index (χ4n) is 4.29. The molecule has 104 valence electrons. The van der Waals surface area contributed by atoms with Gasteiger partial charge in [-0.3, -0.25) is 8.88 Å². The molecule has 4 bridgehead atoms. The van der Waals surface area contributed by atoms with Crippen molar-refractivity contribution in [2.45, 2.75) is 6.54 Å². The van der Waals surface area contributed by atoms with E-state index in [0.29, 0.717) is 0 Å². The average Bonchev–Trinajstić information content (AvgIpc) is 2.86. The third-order valence-electron chi connectivity index (χ3n) is 4.71. The van der Waals surface area contributed by atoms with Gasteiger partial charge in [0.2, 0.25) is 0 Å². The van der Waals surface area contributed by atoms with Gasteiger partial charge in [0.15, 0.2) is 0 Å². The summed E-state index contributed by atoms with van der Waals surface area (Å²) in [6.45, 7) is 8.05. The van der Waals surface area contributed by atoms with Crippen molar-refractivity contribution in [2.75, 3.05) is 40.0 Å². The highest BCUT2D eigenvalue weighted by Gasteiger charge is 2.48. The summed E-state index contributed by atoms with van der Waals surface area (Å²) in [5.41, 5.74) is 2.42. The van der Waals surface area contributed by atoms with Gasteiger partial charge in [0.1, 0.15) is 32.2 Å². The predicted octanol–water partition coefficient (Wildman–Crippen LogP) is 0.343. The molecule has 0 aliphatic carbocycles. The minimum atomic E-state index is 1.05. The van der Waals surface area contributed by atoms with Crippen LogP contribution >= 0.6 is 0 Å². The summed E-state index contributed by atoms with van der Waals surface area (Å²) in [6, 6.07) is 6.45. The smallest absolute Gasteiger partial charge is 0.139 e. The van der Waals surface area contributed by atoms with Crippen LogP contribution in [0.5, 0.6) is 0 Å². The van der Waals surface area contributed by atoms with E-state index in [2.05, 4.69) is 48.5 Å². The third-order valence-corrected chi connectivity index (χ3v) is 4.71. The lowest BCUT2D eigenvalue weighted by Crippen LogP contribution is -2.78. The molecule has 0 atom stereocenters. The molecule has 20 heavy (non-hydrogen) atoms. The zero-order valence-electron chi connectivity index (χ0n) is 11.5. The third kappa shape index (κ3) is 1.56. The van der Waals surface area contributed by atoms with Crippen LogP contribution in [0.2, 0.25) is 0 Å². The SMILES string of the molecule is c1cc(C[N+]23CN4CN(CN(C4)C2)C3)n2ccnc2c1. The zero-order chi connectivity index (χ0) is 13.2. The standard InChI is InChI=1S/C14H19N6/c1-2-13(19-5-4-15-14(19)3-1)6-20-10-16-7-17(11-20)9-18(8-16)12-20/h1-5H,6-12H2/q+1. The maximum Gasteiger partial charge on any atom is 0.139 e. The van der Waals surface area contributed by atoms with Gasteiger partial charge < -0.3 is 0 Å². The van der Waals surface area contributed by atoms with E-state index < -0.39 is 0 Å². The van der Waals surface area contributed by atoms with E-state index in [9.17, 15) is 0 Å². The molecule has 6 rings (SSSR count). The van der Waals surface area contributed by atoms with Gasteiger partial charge in [0, 0.05) is 12.4 Å². The van der Waals surface area contributed by atoms with Crippen molar-refractivity contribution in [1.82, 2.24) is 24.1 Å². The van der Waals surface area contributed by atoms with Gasteiger partial charge >= 0.3 is 0 Å². The number of quaternary nitrogens is 1. The topological polar surface area (TPSA) is 27.0 Å². The molecule has 0 unspecified atom stereocenters. The molecule has 6 heteroatoms. The Morgan fingerprint density at radius 2 is 1.70 bits per heavy atom. The molecule has 4 aliphatic rings. The monoisotopic (exact) mass is 271 g/mol. The number of rotatable bonds is 2. The minimum Gasteiger partial charge on any atom is -0.298 e. The average molecular weight is 271 g/mol. The number of nitrogens with zero attached hydrogens (tertiary/aromatic N) is 6. The molecule has 0 aromatic carbocycles. The van der Waals surface area contributed by atoms with Crippen LogP contribution in [0.1, 0.15) is 5.69 Å². The van der Waals surface area contributed by atoms with E-state index in [4.69, 9.17) is 0 Å². The summed E-state index contributed by atoms with van der Waals surface area (Å²) < 4.78 is 3.37. The Morgan fingerprint density at radius 3 is 2.40 bits per heavy atom. The second-order valence-electron chi connectivity index (χ2n) is 6.53. The van der Waals surface area contributed by atoms with E-state index in [-0.39, 0.29) is 0 Å². The van der Waals surface area contributed by atoms with Crippen molar-refractivity contribution in [3.8, 4) is 0 Å². The van der Waals surface area contributed by atoms with Crippen LogP contribution in [0, 0.1) is 0 Å². The van der Waals surface area contributed by atoms with Crippen LogP contribution in [-0.4, -0.2) is 68.6 Å². The summed E-state index contributed by atoms with van der Waals surface area (Å²) >= 11 is 0. The molecule has 0 N–H and O–H groups in total. The summed E-state index contributed by atoms with van der Waals surface area (Å²) in [5, 5.41) is 0. The lowest BCUT2D eigenvalue weighted by molar-refractivity contribution is -0.991. The van der Waals surface area contributed by atoms with E-state index in [0.717, 1.165) is 36.7 Å². The van der Waals surface area contributed by atoms with Gasteiger partial charge in [-0.15, -0.1) is 0 Å². The first-order chi connectivity index (χ1) is 9.80. The first-order valence-corrected chi connectivity index (χ1v) is 7.23. The predicted molar refractivity (Wildman–Crippen MR) is 73.9 cm³/mol. The van der Waals surface area contributed by atoms with Crippen molar-refractivity contribution in [3.05, 3.63) is 36.3 Å². The molecular formula is C14H19N6+. The zero-order valence-corrected chi connectivity index (χ0v) is 11.5. The van der Waals surface area contributed by atoms with E-state index in [1.807, 2.05) is 6.20 Å². The van der Waals surface area contributed by atoms with Gasteiger partial charge in [-0.1, -0.05) is 6.07 Å². The Balaban J connectivity index is 1.53. The maximum atomic E-state index is 4.40. The second-order valence-corrected chi connectivity index (χ2v) is 6.53. The van der Waals surface area contributed by atoms with Crippen LogP contribution < -0.4 is 0 Å². The van der Waals surface area contributed by atoms with Crippen molar-refractivity contribution < 1.29 is 4.48 Å². The first kappa shape index (κ1) is 11.2. The Kier molecular flexibility index (Phi) is 2.13. The highest BCUT2D eigenvalue weighted by Crippen LogP contribution is 2.30. The Morgan fingerprint density at radius 1 is 1.00 bits per heavy atom. The molecule has 6 nitrogen and oxygen atoms in total. The second kappa shape index (κ2) is 3.79. The molecule has 6 heterocycles. The highest BCUT2D eigenvalue weighted by molar-refractivity contribution is 5.39. The number of fused-ring (bicyclic) bond motifs is 1. The van der Waals surface area contributed by atoms with Crippen LogP contribution in [-0.2, 0) is 6.54 Å². The molecule has 2 aromatic rings. The fourth-order valence-corrected chi connectivity index (χ4v) is 4.29. The maximum absolute atomic E-state index is 4.40. The largest absolute Gasteiger partial charge is 0.298 e. The minimum absolute atomic E-state index is 1.05. The first-order valence-electron chi connectivity index (χ1n) is 7.23. The normalized spacial score (nSPS) is 38.7. The molecule has 4 saturated heterocycles. The van der Waals surface area contributed by atoms with Crippen LogP contribution in [0.25, 0.3) is 5.65 Å². The summed E-state index contributed by atoms with van der Waals surface area (Å²) in [4.78, 5) is 12.1. The Labute approximate surface area is 118 Å². The number of hydrogen-bond donors (Lipinski definition) is 0. The summed E-state index contributed by atoms with van der Waals surface area (Å²) in [6.07, 6.45) is 3.97. The van der Waals surface area contributed by atoms with Crippen LogP contribution in [0.4, 0.5) is 0 Å². The Hall–Kier alpha value is -1.47. The van der Waals surface area contributed by atoms with E-state index in [1.54, 1.807) is 0 Å². The van der Waals surface area contributed by atoms with Crippen molar-refractivity contribution in [2.24, 2.45) is 0 Å². The van der Waals surface area contributed by atoms with Crippen molar-refractivity contribution >= 4 is 5.65 Å². The van der Waals surface area contributed by atoms with Gasteiger partial charge in [0.25, 0.3) is 0 Å². The van der Waals surface area contributed by atoms with Gasteiger partial charge in [-0.05, 0) is 12.1 Å². The Bertz CT molecular complexity index is 627.